The molecule has 0 saturated carbocycles. The number of hydrogen-bond acceptors (Lipinski definition) is 4. The lowest BCUT2D eigenvalue weighted by Gasteiger charge is -2.17. The molecule has 1 N–H and O–H groups in total. The molecule has 0 spiro atoms. The Balaban J connectivity index is 2.51. The van der Waals surface area contributed by atoms with Gasteiger partial charge in [0.05, 0.1) is 19.0 Å². The Morgan fingerprint density at radius 1 is 1.62 bits per heavy atom. The highest BCUT2D eigenvalue weighted by Crippen LogP contribution is 2.03. The fraction of sp³-hybridized carbons (Fsp3) is 0.364. The van der Waals surface area contributed by atoms with Gasteiger partial charge in [-0.3, -0.25) is 14.7 Å². The molecule has 0 amide bonds. The Morgan fingerprint density at radius 3 is 3.00 bits per heavy atom. The van der Waals surface area contributed by atoms with E-state index in [0.29, 0.717) is 13.1 Å². The number of carboxylic acids is 1. The van der Waals surface area contributed by atoms with Crippen molar-refractivity contribution in [3.8, 4) is 6.07 Å². The molecule has 0 radical (unpaired) electrons. The van der Waals surface area contributed by atoms with Gasteiger partial charge in [0.2, 0.25) is 0 Å². The summed E-state index contributed by atoms with van der Waals surface area (Å²) in [7, 11) is 0. The molecule has 0 aliphatic rings. The maximum Gasteiger partial charge on any atom is 0.304 e. The molecular weight excluding hydrogens is 206 g/mol. The van der Waals surface area contributed by atoms with Crippen molar-refractivity contribution in [3.63, 3.8) is 0 Å². The van der Waals surface area contributed by atoms with Gasteiger partial charge in [-0.05, 0) is 11.6 Å². The van der Waals surface area contributed by atoms with Crippen LogP contribution in [0.25, 0.3) is 0 Å². The maximum atomic E-state index is 10.4. The largest absolute Gasteiger partial charge is 0.481 e. The zero-order valence-corrected chi connectivity index (χ0v) is 8.83. The van der Waals surface area contributed by atoms with Crippen LogP contribution in [0.4, 0.5) is 0 Å². The predicted octanol–water partition coefficient (Wildman–Crippen LogP) is 0.882. The van der Waals surface area contributed by atoms with Gasteiger partial charge in [0, 0.05) is 25.5 Å². The van der Waals surface area contributed by atoms with Crippen molar-refractivity contribution in [2.45, 2.75) is 13.0 Å². The SMILES string of the molecule is N#CCN(CCC(=O)O)Cc1cccnc1. The van der Waals surface area contributed by atoms with Crippen LogP contribution in [0.1, 0.15) is 12.0 Å². The van der Waals surface area contributed by atoms with Crippen LogP contribution < -0.4 is 0 Å². The number of aliphatic carboxylic acids is 1. The predicted molar refractivity (Wildman–Crippen MR) is 57.4 cm³/mol. The highest BCUT2D eigenvalue weighted by molar-refractivity contribution is 5.66. The fourth-order valence-corrected chi connectivity index (χ4v) is 1.32. The van der Waals surface area contributed by atoms with E-state index < -0.39 is 5.97 Å². The second-order valence-electron chi connectivity index (χ2n) is 3.37. The molecule has 0 aliphatic heterocycles. The summed E-state index contributed by atoms with van der Waals surface area (Å²) in [6.07, 6.45) is 3.43. The molecule has 1 aromatic rings. The highest BCUT2D eigenvalue weighted by Gasteiger charge is 2.07. The summed E-state index contributed by atoms with van der Waals surface area (Å²) in [6, 6.07) is 5.74. The lowest BCUT2D eigenvalue weighted by molar-refractivity contribution is -0.137. The van der Waals surface area contributed by atoms with Gasteiger partial charge in [0.15, 0.2) is 0 Å². The molecule has 0 bridgehead atoms. The molecule has 5 nitrogen and oxygen atoms in total. The number of pyridine rings is 1. The van der Waals surface area contributed by atoms with Gasteiger partial charge in [-0.1, -0.05) is 6.07 Å². The van der Waals surface area contributed by atoms with Crippen molar-refractivity contribution in [1.82, 2.24) is 9.88 Å². The number of hydrogen-bond donors (Lipinski definition) is 1. The van der Waals surface area contributed by atoms with Crippen molar-refractivity contribution in [2.24, 2.45) is 0 Å². The van der Waals surface area contributed by atoms with Crippen molar-refractivity contribution in [3.05, 3.63) is 30.1 Å². The van der Waals surface area contributed by atoms with Gasteiger partial charge >= 0.3 is 5.97 Å². The summed E-state index contributed by atoms with van der Waals surface area (Å²) in [5.41, 5.74) is 0.975. The van der Waals surface area contributed by atoms with Crippen molar-refractivity contribution in [2.75, 3.05) is 13.1 Å². The first-order chi connectivity index (χ1) is 7.72. The van der Waals surface area contributed by atoms with Gasteiger partial charge in [0.25, 0.3) is 0 Å². The number of carbonyl (C=O) groups is 1. The molecule has 1 heterocycles. The van der Waals surface area contributed by atoms with Crippen LogP contribution in [0.15, 0.2) is 24.5 Å². The van der Waals surface area contributed by atoms with Gasteiger partial charge in [-0.25, -0.2) is 0 Å². The molecule has 0 unspecified atom stereocenters. The highest BCUT2D eigenvalue weighted by atomic mass is 16.4. The van der Waals surface area contributed by atoms with Crippen LogP contribution >= 0.6 is 0 Å². The summed E-state index contributed by atoms with van der Waals surface area (Å²) in [6.45, 7) is 1.15. The van der Waals surface area contributed by atoms with Crippen LogP contribution in [-0.4, -0.2) is 34.0 Å². The van der Waals surface area contributed by atoms with E-state index in [2.05, 4.69) is 4.98 Å². The second kappa shape index (κ2) is 6.53. The number of aromatic nitrogens is 1. The number of nitrogens with zero attached hydrogens (tertiary/aromatic N) is 3. The van der Waals surface area contributed by atoms with Gasteiger partial charge in [0.1, 0.15) is 0 Å². The first-order valence-electron chi connectivity index (χ1n) is 4.92. The van der Waals surface area contributed by atoms with E-state index in [4.69, 9.17) is 10.4 Å². The third-order valence-electron chi connectivity index (χ3n) is 2.07. The van der Waals surface area contributed by atoms with E-state index in [-0.39, 0.29) is 13.0 Å². The van der Waals surface area contributed by atoms with Gasteiger partial charge < -0.3 is 5.11 Å². The quantitative estimate of drug-likeness (QED) is 0.719. The molecule has 1 aromatic heterocycles. The van der Waals surface area contributed by atoms with Gasteiger partial charge in [-0.15, -0.1) is 0 Å². The summed E-state index contributed by atoms with van der Waals surface area (Å²) >= 11 is 0. The average molecular weight is 219 g/mol. The summed E-state index contributed by atoms with van der Waals surface area (Å²) in [5.74, 6) is -0.853. The minimum Gasteiger partial charge on any atom is -0.481 e. The lowest BCUT2D eigenvalue weighted by atomic mass is 10.2. The molecule has 5 heteroatoms. The van der Waals surface area contributed by atoms with Crippen molar-refractivity contribution < 1.29 is 9.90 Å². The molecule has 84 valence electrons. The van der Waals surface area contributed by atoms with Gasteiger partial charge in [-0.2, -0.15) is 5.26 Å². The van der Waals surface area contributed by atoms with E-state index >= 15 is 0 Å². The molecule has 0 saturated heterocycles. The van der Waals surface area contributed by atoms with Crippen LogP contribution in [0.2, 0.25) is 0 Å². The van der Waals surface area contributed by atoms with Crippen LogP contribution in [-0.2, 0) is 11.3 Å². The minimum absolute atomic E-state index is 0.0436. The fourth-order valence-electron chi connectivity index (χ4n) is 1.32. The normalized spacial score (nSPS) is 10.0. The monoisotopic (exact) mass is 219 g/mol. The Bertz CT molecular complexity index is 373. The Labute approximate surface area is 93.9 Å². The summed E-state index contributed by atoms with van der Waals surface area (Å²) in [5, 5.41) is 17.2. The van der Waals surface area contributed by atoms with E-state index in [1.165, 1.54) is 0 Å². The summed E-state index contributed by atoms with van der Waals surface area (Å²) in [4.78, 5) is 16.2. The first kappa shape index (κ1) is 12.1. The van der Waals surface area contributed by atoms with Crippen molar-refractivity contribution in [1.29, 1.82) is 5.26 Å². The molecule has 1 rings (SSSR count). The third-order valence-corrected chi connectivity index (χ3v) is 2.07. The first-order valence-corrected chi connectivity index (χ1v) is 4.92. The van der Waals surface area contributed by atoms with E-state index in [1.807, 2.05) is 18.2 Å². The molecular formula is C11H13N3O2. The second-order valence-corrected chi connectivity index (χ2v) is 3.37. The van der Waals surface area contributed by atoms with Crippen LogP contribution in [0, 0.1) is 11.3 Å². The zero-order chi connectivity index (χ0) is 11.8. The van der Waals surface area contributed by atoms with E-state index in [1.54, 1.807) is 17.3 Å². The van der Waals surface area contributed by atoms with E-state index in [9.17, 15) is 4.79 Å². The molecule has 16 heavy (non-hydrogen) atoms. The smallest absolute Gasteiger partial charge is 0.304 e. The van der Waals surface area contributed by atoms with Crippen LogP contribution in [0.3, 0.4) is 0 Å². The Kier molecular flexibility index (Phi) is 4.96. The van der Waals surface area contributed by atoms with Crippen LogP contribution in [0.5, 0.6) is 0 Å². The zero-order valence-electron chi connectivity index (χ0n) is 8.83. The third kappa shape index (κ3) is 4.53. The maximum absolute atomic E-state index is 10.4. The molecule has 0 fully saturated rings. The number of carboxylic acid groups (broad SMARTS) is 1. The summed E-state index contributed by atoms with van der Waals surface area (Å²) < 4.78 is 0. The van der Waals surface area contributed by atoms with E-state index in [0.717, 1.165) is 5.56 Å². The average Bonchev–Trinajstić information content (AvgIpc) is 2.27. The lowest BCUT2D eigenvalue weighted by Crippen LogP contribution is -2.26. The molecule has 0 aromatic carbocycles. The Morgan fingerprint density at radius 2 is 2.44 bits per heavy atom. The van der Waals surface area contributed by atoms with Crippen molar-refractivity contribution >= 4 is 5.97 Å². The number of rotatable bonds is 6. The minimum atomic E-state index is -0.853. The standard InChI is InChI=1S/C11H13N3O2/c12-4-7-14(6-3-11(15)16)9-10-2-1-5-13-8-10/h1-2,5,8H,3,6-7,9H2,(H,15,16). The molecule has 0 aliphatic carbocycles. The molecule has 0 atom stereocenters. The number of nitriles is 1. The Hall–Kier alpha value is -1.93. The topological polar surface area (TPSA) is 77.2 Å².